The molecule has 6 saturated heterocycles. The Labute approximate surface area is 323 Å². The molecule has 6 rings (SSSR count). The van der Waals surface area contributed by atoms with Crippen molar-refractivity contribution in [3.8, 4) is 0 Å². The van der Waals surface area contributed by atoms with Crippen LogP contribution in [0, 0.1) is 23.7 Å². The van der Waals surface area contributed by atoms with Crippen molar-refractivity contribution in [3.63, 3.8) is 0 Å². The lowest BCUT2D eigenvalue weighted by Crippen LogP contribution is -2.69. The third kappa shape index (κ3) is 7.95. The van der Waals surface area contributed by atoms with Crippen LogP contribution in [0.25, 0.3) is 0 Å². The van der Waals surface area contributed by atoms with Crippen LogP contribution in [0.3, 0.4) is 0 Å². The number of aliphatic hydroxyl groups is 4. The number of fused-ring (bicyclic) bond motifs is 4. The number of nitrogens with zero attached hydrogens (tertiary/aromatic N) is 1. The summed E-state index contributed by atoms with van der Waals surface area (Å²) in [6, 6.07) is -0.116. The van der Waals surface area contributed by atoms with Crippen LogP contribution in [0.4, 0.5) is 0 Å². The average molecular weight is 772 g/mol. The minimum Gasteiger partial charge on any atom is -0.387 e. The molecule has 6 fully saturated rings. The monoisotopic (exact) mass is 772 g/mol. The van der Waals surface area contributed by atoms with E-state index >= 15 is 0 Å². The molecular formula is C41H73NO12. The molecule has 0 radical (unpaired) electrons. The largest absolute Gasteiger partial charge is 0.387 e. The van der Waals surface area contributed by atoms with E-state index in [-0.39, 0.29) is 36.5 Å². The lowest BCUT2D eigenvalue weighted by molar-refractivity contribution is -0.481. The Balaban J connectivity index is 1.42. The third-order valence-corrected chi connectivity index (χ3v) is 14.3. The Hall–Kier alpha value is -0.520. The van der Waals surface area contributed by atoms with Gasteiger partial charge >= 0.3 is 0 Å². The second-order valence-corrected chi connectivity index (χ2v) is 18.6. The molecule has 314 valence electrons. The van der Waals surface area contributed by atoms with Crippen molar-refractivity contribution in [2.75, 3.05) is 20.2 Å². The highest BCUT2D eigenvalue weighted by Gasteiger charge is 2.64. The van der Waals surface area contributed by atoms with Crippen molar-refractivity contribution in [2.45, 2.75) is 217 Å². The zero-order valence-electron chi connectivity index (χ0n) is 34.8. The maximum Gasteiger partial charge on any atom is 0.286 e. The molecule has 6 aliphatic heterocycles. The van der Waals surface area contributed by atoms with Gasteiger partial charge < -0.3 is 58.3 Å². The standard InChI is InChI=1S/C41H73NO12/c1-12-29-40(10,45)36-24(4)32-22(2)20-39(9,53-32)35(51-37-31(43)28(19-23(3)48-37)42-17-15-13-14-16-18-42)25(5)33(26(6)41(46,52-29)54-36)50-30-21-38(8,47-11)34(44)27(7)49-30/h22-37,43-46H,12-21H2,1-11H3/t22-,23?,24-,25-,26+,27?,28?,29+,30-,31?,32?,33-,34-,35+,36+,37-,38?,39?,40+,41-/m0/s1. The van der Waals surface area contributed by atoms with Gasteiger partial charge in [-0.3, -0.25) is 4.90 Å². The normalized spacial score (nSPS) is 55.2. The van der Waals surface area contributed by atoms with Gasteiger partial charge in [-0.25, -0.2) is 0 Å². The van der Waals surface area contributed by atoms with Crippen LogP contribution >= 0.6 is 0 Å². The molecule has 0 aliphatic carbocycles. The Morgan fingerprint density at radius 1 is 0.815 bits per heavy atom. The van der Waals surface area contributed by atoms with Gasteiger partial charge in [-0.15, -0.1) is 0 Å². The molecule has 7 unspecified atom stereocenters. The number of methoxy groups -OCH3 is 1. The smallest absolute Gasteiger partial charge is 0.286 e. The van der Waals surface area contributed by atoms with E-state index in [1.165, 1.54) is 12.8 Å². The maximum absolute atomic E-state index is 12.6. The summed E-state index contributed by atoms with van der Waals surface area (Å²) in [5, 5.41) is 47.8. The Kier molecular flexibility index (Phi) is 13.0. The highest BCUT2D eigenvalue weighted by Crippen LogP contribution is 2.52. The van der Waals surface area contributed by atoms with E-state index in [0.29, 0.717) is 19.3 Å². The topological polar surface area (TPSA) is 158 Å². The zero-order chi connectivity index (χ0) is 39.5. The average Bonchev–Trinajstić information content (AvgIpc) is 3.25. The molecule has 0 spiro atoms. The van der Waals surface area contributed by atoms with Crippen LogP contribution in [-0.2, 0) is 37.9 Å². The molecule has 0 amide bonds. The van der Waals surface area contributed by atoms with Crippen molar-refractivity contribution < 1.29 is 58.3 Å². The SMILES string of the molecule is CC[C@H]1O[C@]2(O)O[C@H]([C@@H](C)C3OC(C)(C[C@@H]3C)[C@H](O[C@@H]3OC(C)CC(N4CCCCCC4)C3O)[C@@H](C)[C@H](O[C@H]3CC(C)(OC)[C@@H](O)C(C)O3)[C@H]2C)[C@]1(C)O. The lowest BCUT2D eigenvalue weighted by atomic mass is 9.74. The molecule has 4 bridgehead atoms. The summed E-state index contributed by atoms with van der Waals surface area (Å²) >= 11 is 0. The van der Waals surface area contributed by atoms with Gasteiger partial charge in [-0.05, 0) is 85.7 Å². The zero-order valence-corrected chi connectivity index (χ0v) is 34.8. The van der Waals surface area contributed by atoms with E-state index < -0.39 is 89.9 Å². The first-order valence-corrected chi connectivity index (χ1v) is 21.0. The molecule has 4 N–H and O–H groups in total. The minimum absolute atomic E-state index is 0.0299. The van der Waals surface area contributed by atoms with E-state index in [0.717, 1.165) is 25.9 Å². The molecule has 20 atom stereocenters. The first-order valence-electron chi connectivity index (χ1n) is 21.0. The molecule has 54 heavy (non-hydrogen) atoms. The van der Waals surface area contributed by atoms with Gasteiger partial charge in [0.15, 0.2) is 12.6 Å². The predicted octanol–water partition coefficient (Wildman–Crippen LogP) is 4.09. The number of hydrogen-bond donors (Lipinski definition) is 4. The molecule has 0 aromatic rings. The molecule has 6 aliphatic rings. The van der Waals surface area contributed by atoms with E-state index in [1.54, 1.807) is 21.0 Å². The summed E-state index contributed by atoms with van der Waals surface area (Å²) in [4.78, 5) is 2.42. The Morgan fingerprint density at radius 2 is 1.48 bits per heavy atom. The van der Waals surface area contributed by atoms with Crippen LogP contribution in [0.2, 0.25) is 0 Å². The summed E-state index contributed by atoms with van der Waals surface area (Å²) in [5.74, 6) is -3.86. The Morgan fingerprint density at radius 3 is 2.11 bits per heavy atom. The van der Waals surface area contributed by atoms with E-state index in [2.05, 4.69) is 18.7 Å². The summed E-state index contributed by atoms with van der Waals surface area (Å²) < 4.78 is 52.9. The van der Waals surface area contributed by atoms with Gasteiger partial charge in [-0.2, -0.15) is 0 Å². The van der Waals surface area contributed by atoms with Crippen LogP contribution < -0.4 is 0 Å². The molecule has 13 nitrogen and oxygen atoms in total. The van der Waals surface area contributed by atoms with Crippen LogP contribution in [-0.4, -0.2) is 142 Å². The van der Waals surface area contributed by atoms with Crippen molar-refractivity contribution in [1.82, 2.24) is 4.90 Å². The minimum atomic E-state index is -2.17. The van der Waals surface area contributed by atoms with Crippen molar-refractivity contribution in [3.05, 3.63) is 0 Å². The van der Waals surface area contributed by atoms with Crippen molar-refractivity contribution in [1.29, 1.82) is 0 Å². The van der Waals surface area contributed by atoms with Gasteiger partial charge in [0, 0.05) is 31.4 Å². The molecule has 13 heteroatoms. The molecule has 0 saturated carbocycles. The van der Waals surface area contributed by atoms with Gasteiger partial charge in [0.25, 0.3) is 5.97 Å². The first kappa shape index (κ1) is 43.1. The lowest BCUT2D eigenvalue weighted by Gasteiger charge is -2.55. The molecular weight excluding hydrogens is 698 g/mol. The van der Waals surface area contributed by atoms with Crippen LogP contribution in [0.1, 0.15) is 121 Å². The first-order chi connectivity index (χ1) is 25.3. The quantitative estimate of drug-likeness (QED) is 0.294. The second kappa shape index (κ2) is 16.3. The highest BCUT2D eigenvalue weighted by atomic mass is 16.8. The fourth-order valence-corrected chi connectivity index (χ4v) is 11.1. The van der Waals surface area contributed by atoms with Crippen molar-refractivity contribution in [2.24, 2.45) is 23.7 Å². The van der Waals surface area contributed by atoms with Gasteiger partial charge in [0.05, 0.1) is 59.8 Å². The molecule has 6 heterocycles. The summed E-state index contributed by atoms with van der Waals surface area (Å²) in [6.45, 7) is 21.2. The molecule has 0 aromatic heterocycles. The highest BCUT2D eigenvalue weighted by molar-refractivity contribution is 5.07. The molecule has 0 aromatic carbocycles. The number of likely N-dealkylation sites (tertiary alicyclic amines) is 1. The van der Waals surface area contributed by atoms with Crippen LogP contribution in [0.15, 0.2) is 0 Å². The Bertz CT molecular complexity index is 1250. The van der Waals surface area contributed by atoms with Crippen molar-refractivity contribution >= 4 is 0 Å². The summed E-state index contributed by atoms with van der Waals surface area (Å²) in [7, 11) is 1.57. The number of rotatable bonds is 7. The number of hydrogen-bond acceptors (Lipinski definition) is 13. The fourth-order valence-electron chi connectivity index (χ4n) is 11.1. The summed E-state index contributed by atoms with van der Waals surface area (Å²) in [6.07, 6.45) is -1.26. The number of ether oxygens (including phenoxy) is 8. The van der Waals surface area contributed by atoms with Gasteiger partial charge in [-0.1, -0.05) is 47.5 Å². The number of aliphatic hydroxyl groups excluding tert-OH is 2. The predicted molar refractivity (Wildman–Crippen MR) is 199 cm³/mol. The second-order valence-electron chi connectivity index (χ2n) is 18.6. The van der Waals surface area contributed by atoms with Gasteiger partial charge in [0.2, 0.25) is 0 Å². The van der Waals surface area contributed by atoms with E-state index in [4.69, 9.17) is 37.9 Å². The maximum atomic E-state index is 12.6. The fraction of sp³-hybridized carbons (Fsp3) is 1.00. The van der Waals surface area contributed by atoms with E-state index in [9.17, 15) is 20.4 Å². The van der Waals surface area contributed by atoms with Gasteiger partial charge in [0.1, 0.15) is 17.8 Å². The third-order valence-electron chi connectivity index (χ3n) is 14.3. The van der Waals surface area contributed by atoms with E-state index in [1.807, 2.05) is 41.5 Å². The summed E-state index contributed by atoms with van der Waals surface area (Å²) in [5.41, 5.74) is -3.29. The van der Waals surface area contributed by atoms with Crippen LogP contribution in [0.5, 0.6) is 0 Å².